The van der Waals surface area contributed by atoms with Crippen LogP contribution in [-0.4, -0.2) is 13.4 Å². The first kappa shape index (κ1) is 19.7. The van der Waals surface area contributed by atoms with Gasteiger partial charge in [0.15, 0.2) is 0 Å². The maximum absolute atomic E-state index is 12.4. The molecule has 1 aromatic heterocycles. The SMILES string of the molecule is Cc1nc(S(=O)(=O)NCc2cccc(COCc3ccccc3)c2)sc1C. The maximum Gasteiger partial charge on any atom is 0.268 e. The van der Waals surface area contributed by atoms with E-state index >= 15 is 0 Å². The van der Waals surface area contributed by atoms with Crippen molar-refractivity contribution in [2.45, 2.75) is 37.9 Å². The molecule has 1 N–H and O–H groups in total. The van der Waals surface area contributed by atoms with Crippen molar-refractivity contribution < 1.29 is 13.2 Å². The summed E-state index contributed by atoms with van der Waals surface area (Å²) in [7, 11) is -3.60. The smallest absolute Gasteiger partial charge is 0.268 e. The highest BCUT2D eigenvalue weighted by Gasteiger charge is 2.19. The van der Waals surface area contributed by atoms with Crippen molar-refractivity contribution in [3.05, 3.63) is 81.9 Å². The molecule has 0 fully saturated rings. The molecule has 2 aromatic carbocycles. The van der Waals surface area contributed by atoms with E-state index in [1.807, 2.05) is 68.4 Å². The third-order valence-corrected chi connectivity index (χ3v) is 6.93. The normalized spacial score (nSPS) is 11.6. The Morgan fingerprint density at radius 2 is 1.63 bits per heavy atom. The molecule has 0 saturated carbocycles. The summed E-state index contributed by atoms with van der Waals surface area (Å²) in [6.45, 7) is 4.90. The number of ether oxygens (including phenoxy) is 1. The minimum Gasteiger partial charge on any atom is -0.372 e. The summed E-state index contributed by atoms with van der Waals surface area (Å²) in [5.41, 5.74) is 3.75. The van der Waals surface area contributed by atoms with Crippen molar-refractivity contribution in [1.29, 1.82) is 0 Å². The van der Waals surface area contributed by atoms with Gasteiger partial charge in [-0.05, 0) is 30.5 Å². The lowest BCUT2D eigenvalue weighted by atomic mass is 10.1. The van der Waals surface area contributed by atoms with Crippen LogP contribution in [0.2, 0.25) is 0 Å². The minimum atomic E-state index is -3.60. The highest BCUT2D eigenvalue weighted by atomic mass is 32.2. The molecule has 142 valence electrons. The monoisotopic (exact) mass is 402 g/mol. The number of nitrogens with zero attached hydrogens (tertiary/aromatic N) is 1. The van der Waals surface area contributed by atoms with Gasteiger partial charge in [0, 0.05) is 11.4 Å². The van der Waals surface area contributed by atoms with Gasteiger partial charge in [-0.1, -0.05) is 54.6 Å². The fourth-order valence-electron chi connectivity index (χ4n) is 2.49. The topological polar surface area (TPSA) is 68.3 Å². The van der Waals surface area contributed by atoms with E-state index in [1.54, 1.807) is 0 Å². The lowest BCUT2D eigenvalue weighted by Gasteiger charge is -2.08. The Hall–Kier alpha value is -2.06. The lowest BCUT2D eigenvalue weighted by molar-refractivity contribution is 0.107. The molecule has 0 radical (unpaired) electrons. The molecule has 0 aliphatic carbocycles. The van der Waals surface area contributed by atoms with E-state index in [9.17, 15) is 8.42 Å². The van der Waals surface area contributed by atoms with Gasteiger partial charge in [0.05, 0.1) is 18.9 Å². The van der Waals surface area contributed by atoms with E-state index < -0.39 is 10.0 Å². The molecule has 0 amide bonds. The number of sulfonamides is 1. The quantitative estimate of drug-likeness (QED) is 0.619. The van der Waals surface area contributed by atoms with Gasteiger partial charge in [0.2, 0.25) is 4.34 Å². The summed E-state index contributed by atoms with van der Waals surface area (Å²) in [4.78, 5) is 5.04. The van der Waals surface area contributed by atoms with Gasteiger partial charge in [-0.15, -0.1) is 11.3 Å². The maximum atomic E-state index is 12.4. The second-order valence-electron chi connectivity index (χ2n) is 6.24. The molecule has 0 bridgehead atoms. The molecule has 27 heavy (non-hydrogen) atoms. The summed E-state index contributed by atoms with van der Waals surface area (Å²) >= 11 is 1.19. The zero-order chi connectivity index (χ0) is 19.3. The number of hydrogen-bond acceptors (Lipinski definition) is 5. The van der Waals surface area contributed by atoms with E-state index in [4.69, 9.17) is 4.74 Å². The number of rotatable bonds is 8. The summed E-state index contributed by atoms with van der Waals surface area (Å²) in [5.74, 6) is 0. The standard InChI is InChI=1S/C20H22N2O3S2/c1-15-16(2)26-20(22-15)27(23,24)21-12-18-9-6-10-19(11-18)14-25-13-17-7-4-3-5-8-17/h3-11,21H,12-14H2,1-2H3. The Kier molecular flexibility index (Phi) is 6.38. The molecule has 3 aromatic rings. The highest BCUT2D eigenvalue weighted by Crippen LogP contribution is 2.21. The zero-order valence-electron chi connectivity index (χ0n) is 15.3. The van der Waals surface area contributed by atoms with Crippen LogP contribution in [0.25, 0.3) is 0 Å². The van der Waals surface area contributed by atoms with Crippen LogP contribution in [0.5, 0.6) is 0 Å². The van der Waals surface area contributed by atoms with Crippen molar-refractivity contribution >= 4 is 21.4 Å². The van der Waals surface area contributed by atoms with Crippen molar-refractivity contribution in [3.8, 4) is 0 Å². The molecular formula is C20H22N2O3S2. The second kappa shape index (κ2) is 8.75. The second-order valence-corrected chi connectivity index (χ2v) is 9.39. The number of aryl methyl sites for hydroxylation is 2. The first-order valence-corrected chi connectivity index (χ1v) is 10.9. The third kappa shape index (κ3) is 5.46. The number of benzene rings is 2. The molecule has 3 rings (SSSR count). The number of thiazole rings is 1. The van der Waals surface area contributed by atoms with Crippen LogP contribution in [0.15, 0.2) is 58.9 Å². The van der Waals surface area contributed by atoms with Crippen LogP contribution in [0.3, 0.4) is 0 Å². The molecule has 0 saturated heterocycles. The van der Waals surface area contributed by atoms with Crippen LogP contribution in [0.1, 0.15) is 27.3 Å². The highest BCUT2D eigenvalue weighted by molar-refractivity contribution is 7.91. The average Bonchev–Trinajstić information content (AvgIpc) is 3.01. The molecule has 5 nitrogen and oxygen atoms in total. The fourth-order valence-corrected chi connectivity index (χ4v) is 4.85. The molecule has 1 heterocycles. The zero-order valence-corrected chi connectivity index (χ0v) is 16.9. The van der Waals surface area contributed by atoms with Gasteiger partial charge >= 0.3 is 0 Å². The van der Waals surface area contributed by atoms with Gasteiger partial charge < -0.3 is 4.74 Å². The molecule has 0 aliphatic heterocycles. The molecule has 0 atom stereocenters. The number of aromatic nitrogens is 1. The van der Waals surface area contributed by atoms with E-state index in [-0.39, 0.29) is 10.9 Å². The summed E-state index contributed by atoms with van der Waals surface area (Å²) in [6, 6.07) is 17.7. The van der Waals surface area contributed by atoms with Crippen LogP contribution >= 0.6 is 11.3 Å². The average molecular weight is 403 g/mol. The van der Waals surface area contributed by atoms with Crippen LogP contribution < -0.4 is 4.72 Å². The van der Waals surface area contributed by atoms with Crippen molar-refractivity contribution in [3.63, 3.8) is 0 Å². The Morgan fingerprint density at radius 3 is 2.33 bits per heavy atom. The van der Waals surface area contributed by atoms with Crippen LogP contribution in [0, 0.1) is 13.8 Å². The van der Waals surface area contributed by atoms with Crippen LogP contribution in [0.4, 0.5) is 0 Å². The minimum absolute atomic E-state index is 0.111. The van der Waals surface area contributed by atoms with Crippen LogP contribution in [-0.2, 0) is 34.5 Å². The Balaban J connectivity index is 1.57. The lowest BCUT2D eigenvalue weighted by Crippen LogP contribution is -2.23. The molecular weight excluding hydrogens is 380 g/mol. The van der Waals surface area contributed by atoms with E-state index in [0.717, 1.165) is 27.3 Å². The molecule has 7 heteroatoms. The van der Waals surface area contributed by atoms with Gasteiger partial charge in [-0.2, -0.15) is 0 Å². The summed E-state index contributed by atoms with van der Waals surface area (Å²) in [6.07, 6.45) is 0. The Bertz CT molecular complexity index is 980. The van der Waals surface area contributed by atoms with Gasteiger partial charge in [0.1, 0.15) is 0 Å². The van der Waals surface area contributed by atoms with Gasteiger partial charge in [0.25, 0.3) is 10.0 Å². The Morgan fingerprint density at radius 1 is 0.963 bits per heavy atom. The number of nitrogens with one attached hydrogen (secondary N) is 1. The molecule has 0 unspecified atom stereocenters. The fraction of sp³-hybridized carbons (Fsp3) is 0.250. The third-order valence-electron chi connectivity index (χ3n) is 4.08. The van der Waals surface area contributed by atoms with E-state index in [2.05, 4.69) is 9.71 Å². The predicted molar refractivity (Wildman–Crippen MR) is 107 cm³/mol. The predicted octanol–water partition coefficient (Wildman–Crippen LogP) is 3.96. The van der Waals surface area contributed by atoms with E-state index in [1.165, 1.54) is 11.3 Å². The first-order chi connectivity index (χ1) is 12.9. The van der Waals surface area contributed by atoms with Crippen molar-refractivity contribution in [2.24, 2.45) is 0 Å². The van der Waals surface area contributed by atoms with Crippen molar-refractivity contribution in [2.75, 3.05) is 0 Å². The number of hydrogen-bond donors (Lipinski definition) is 1. The molecule has 0 aliphatic rings. The summed E-state index contributed by atoms with van der Waals surface area (Å²) < 4.78 is 33.3. The van der Waals surface area contributed by atoms with Crippen molar-refractivity contribution in [1.82, 2.24) is 9.71 Å². The summed E-state index contributed by atoms with van der Waals surface area (Å²) in [5, 5.41) is 0. The Labute approximate surface area is 164 Å². The van der Waals surface area contributed by atoms with Gasteiger partial charge in [-0.3, -0.25) is 0 Å². The first-order valence-electron chi connectivity index (χ1n) is 8.57. The van der Waals surface area contributed by atoms with Gasteiger partial charge in [-0.25, -0.2) is 18.1 Å². The largest absolute Gasteiger partial charge is 0.372 e. The molecule has 0 spiro atoms. The van der Waals surface area contributed by atoms with E-state index in [0.29, 0.717) is 13.2 Å².